The lowest BCUT2D eigenvalue weighted by Crippen LogP contribution is -2.20. The summed E-state index contributed by atoms with van der Waals surface area (Å²) in [5, 5.41) is 1.01. The van der Waals surface area contributed by atoms with Gasteiger partial charge in [-0.15, -0.1) is 0 Å². The van der Waals surface area contributed by atoms with E-state index in [9.17, 15) is 4.79 Å². The number of carbonyl (C=O) groups excluding carboxylic acids is 1. The predicted molar refractivity (Wildman–Crippen MR) is 94.4 cm³/mol. The van der Waals surface area contributed by atoms with Crippen LogP contribution in [0.1, 0.15) is 11.1 Å². The van der Waals surface area contributed by atoms with Crippen LogP contribution in [0, 0.1) is 11.8 Å². The largest absolute Gasteiger partial charge is 0.465 e. The molecule has 2 aliphatic heterocycles. The number of halogens is 2. The Hall–Kier alpha value is -1.91. The number of rotatable bonds is 4. The number of carbonyl (C=O) groups is 1. The molecule has 2 aliphatic rings. The minimum Gasteiger partial charge on any atom is -0.465 e. The van der Waals surface area contributed by atoms with E-state index < -0.39 is 0 Å². The van der Waals surface area contributed by atoms with Crippen LogP contribution in [0.15, 0.2) is 36.4 Å². The van der Waals surface area contributed by atoms with Crippen molar-refractivity contribution in [3.63, 3.8) is 0 Å². The molecule has 2 aromatic carbocycles. The van der Waals surface area contributed by atoms with Gasteiger partial charge in [-0.25, -0.2) is 0 Å². The minimum absolute atomic E-state index is 0.113. The van der Waals surface area contributed by atoms with Crippen LogP contribution in [0.5, 0.6) is 11.5 Å². The van der Waals surface area contributed by atoms with E-state index in [4.69, 9.17) is 37.4 Å². The standard InChI is InChI=1S/C19H16Cl2O4/c20-15-3-1-12(7-16(15)21)6-14-13(9-23-19(14)22)5-11-2-4-17-18(8-11)25-10-24-17/h1-4,7-8,13-14H,5-6,9-10H2/t13-,14+/m0/s1. The first-order valence-electron chi connectivity index (χ1n) is 8.09. The third kappa shape index (κ3) is 3.42. The van der Waals surface area contributed by atoms with Crippen molar-refractivity contribution in [1.29, 1.82) is 0 Å². The number of hydrogen-bond acceptors (Lipinski definition) is 4. The van der Waals surface area contributed by atoms with Crippen molar-refractivity contribution < 1.29 is 19.0 Å². The van der Waals surface area contributed by atoms with Gasteiger partial charge in [-0.3, -0.25) is 4.79 Å². The lowest BCUT2D eigenvalue weighted by molar-refractivity contribution is -0.141. The fourth-order valence-corrected chi connectivity index (χ4v) is 3.67. The van der Waals surface area contributed by atoms with E-state index in [2.05, 4.69) is 0 Å². The van der Waals surface area contributed by atoms with Gasteiger partial charge < -0.3 is 14.2 Å². The number of hydrogen-bond donors (Lipinski definition) is 0. The average molecular weight is 379 g/mol. The van der Waals surface area contributed by atoms with Gasteiger partial charge in [-0.1, -0.05) is 35.3 Å². The Morgan fingerprint density at radius 3 is 2.48 bits per heavy atom. The summed E-state index contributed by atoms with van der Waals surface area (Å²) in [5.41, 5.74) is 2.08. The van der Waals surface area contributed by atoms with Crippen molar-refractivity contribution in [2.24, 2.45) is 11.8 Å². The average Bonchev–Trinajstić information content (AvgIpc) is 3.19. The normalized spacial score (nSPS) is 21.4. The summed E-state index contributed by atoms with van der Waals surface area (Å²) >= 11 is 12.0. The summed E-state index contributed by atoms with van der Waals surface area (Å²) in [5.74, 6) is 1.28. The maximum Gasteiger partial charge on any atom is 0.309 e. The SMILES string of the molecule is O=C1OC[C@H](Cc2ccc3c(c2)OCO3)[C@H]1Cc1ccc(Cl)c(Cl)c1. The Bertz CT molecular complexity index is 821. The molecule has 0 bridgehead atoms. The molecule has 4 nitrogen and oxygen atoms in total. The molecule has 0 aliphatic carbocycles. The van der Waals surface area contributed by atoms with Crippen molar-refractivity contribution >= 4 is 29.2 Å². The molecule has 2 aromatic rings. The van der Waals surface area contributed by atoms with Crippen LogP contribution in [0.25, 0.3) is 0 Å². The van der Waals surface area contributed by atoms with E-state index in [0.717, 1.165) is 29.0 Å². The maximum atomic E-state index is 12.2. The molecule has 0 N–H and O–H groups in total. The van der Waals surface area contributed by atoms with E-state index in [-0.39, 0.29) is 24.6 Å². The van der Waals surface area contributed by atoms with Crippen LogP contribution in [0.3, 0.4) is 0 Å². The van der Waals surface area contributed by atoms with Crippen LogP contribution in [-0.2, 0) is 22.4 Å². The molecule has 1 saturated heterocycles. The molecule has 2 atom stereocenters. The minimum atomic E-state index is -0.192. The lowest BCUT2D eigenvalue weighted by atomic mass is 9.85. The van der Waals surface area contributed by atoms with Gasteiger partial charge in [0.1, 0.15) is 0 Å². The second-order valence-corrected chi connectivity index (χ2v) is 7.16. The molecular weight excluding hydrogens is 363 g/mol. The maximum absolute atomic E-state index is 12.2. The first-order chi connectivity index (χ1) is 12.1. The van der Waals surface area contributed by atoms with E-state index in [1.54, 1.807) is 6.07 Å². The Labute approximate surface area is 155 Å². The number of fused-ring (bicyclic) bond motifs is 1. The molecule has 0 spiro atoms. The van der Waals surface area contributed by atoms with Crippen LogP contribution in [-0.4, -0.2) is 19.4 Å². The van der Waals surface area contributed by atoms with Crippen molar-refractivity contribution in [3.05, 3.63) is 57.6 Å². The highest BCUT2D eigenvalue weighted by Crippen LogP contribution is 2.35. The number of esters is 1. The molecule has 0 radical (unpaired) electrons. The van der Waals surface area contributed by atoms with Crippen molar-refractivity contribution in [1.82, 2.24) is 0 Å². The molecule has 0 aromatic heterocycles. The third-order valence-corrected chi connectivity index (χ3v) is 5.42. The Morgan fingerprint density at radius 2 is 1.64 bits per heavy atom. The molecular formula is C19H16Cl2O4. The molecule has 0 unspecified atom stereocenters. The fourth-order valence-electron chi connectivity index (χ4n) is 3.35. The van der Waals surface area contributed by atoms with E-state index >= 15 is 0 Å². The molecule has 130 valence electrons. The molecule has 0 amide bonds. The summed E-state index contributed by atoms with van der Waals surface area (Å²) in [6, 6.07) is 11.4. The second kappa shape index (κ2) is 6.77. The van der Waals surface area contributed by atoms with Crippen LogP contribution in [0.2, 0.25) is 10.0 Å². The zero-order valence-corrected chi connectivity index (χ0v) is 14.8. The highest BCUT2D eigenvalue weighted by molar-refractivity contribution is 6.42. The molecule has 1 fully saturated rings. The Kier molecular flexibility index (Phi) is 4.48. The van der Waals surface area contributed by atoms with Gasteiger partial charge in [-0.2, -0.15) is 0 Å². The zero-order valence-electron chi connectivity index (χ0n) is 13.3. The van der Waals surface area contributed by atoms with Crippen molar-refractivity contribution in [2.75, 3.05) is 13.4 Å². The third-order valence-electron chi connectivity index (χ3n) is 4.69. The molecule has 4 rings (SSSR count). The predicted octanol–water partition coefficient (Wildman–Crippen LogP) is 4.30. The number of ether oxygens (including phenoxy) is 3. The van der Waals surface area contributed by atoms with Crippen LogP contribution >= 0.6 is 23.2 Å². The van der Waals surface area contributed by atoms with Gasteiger partial charge >= 0.3 is 5.97 Å². The summed E-state index contributed by atoms with van der Waals surface area (Å²) < 4.78 is 16.1. The quantitative estimate of drug-likeness (QED) is 0.744. The monoisotopic (exact) mass is 378 g/mol. The molecule has 2 heterocycles. The molecule has 25 heavy (non-hydrogen) atoms. The van der Waals surface area contributed by atoms with Gasteiger partial charge in [0.2, 0.25) is 6.79 Å². The highest BCUT2D eigenvalue weighted by atomic mass is 35.5. The summed E-state index contributed by atoms with van der Waals surface area (Å²) in [4.78, 5) is 12.2. The fraction of sp³-hybridized carbons (Fsp3) is 0.316. The summed E-state index contributed by atoms with van der Waals surface area (Å²) in [6.07, 6.45) is 1.33. The van der Waals surface area contributed by atoms with E-state index in [0.29, 0.717) is 23.1 Å². The lowest BCUT2D eigenvalue weighted by Gasteiger charge is -2.16. The smallest absolute Gasteiger partial charge is 0.309 e. The summed E-state index contributed by atoms with van der Waals surface area (Å²) in [6.45, 7) is 0.684. The van der Waals surface area contributed by atoms with Crippen LogP contribution in [0.4, 0.5) is 0 Å². The second-order valence-electron chi connectivity index (χ2n) is 6.34. The van der Waals surface area contributed by atoms with Crippen molar-refractivity contribution in [2.45, 2.75) is 12.8 Å². The van der Waals surface area contributed by atoms with Crippen LogP contribution < -0.4 is 9.47 Å². The topological polar surface area (TPSA) is 44.8 Å². The zero-order chi connectivity index (χ0) is 17.4. The Morgan fingerprint density at radius 1 is 0.880 bits per heavy atom. The van der Waals surface area contributed by atoms with E-state index in [1.807, 2.05) is 30.3 Å². The molecule has 6 heteroatoms. The van der Waals surface area contributed by atoms with Gasteiger partial charge in [0.05, 0.1) is 22.6 Å². The van der Waals surface area contributed by atoms with Gasteiger partial charge in [0, 0.05) is 5.92 Å². The number of cyclic esters (lactones) is 1. The van der Waals surface area contributed by atoms with Crippen molar-refractivity contribution in [3.8, 4) is 11.5 Å². The highest BCUT2D eigenvalue weighted by Gasteiger charge is 2.37. The van der Waals surface area contributed by atoms with E-state index in [1.165, 1.54) is 0 Å². The summed E-state index contributed by atoms with van der Waals surface area (Å²) in [7, 11) is 0. The van der Waals surface area contributed by atoms with Gasteiger partial charge in [-0.05, 0) is 48.2 Å². The first kappa shape index (κ1) is 16.6. The molecule has 0 saturated carbocycles. The van der Waals surface area contributed by atoms with Gasteiger partial charge in [0.15, 0.2) is 11.5 Å². The Balaban J connectivity index is 1.50. The number of benzene rings is 2. The first-order valence-corrected chi connectivity index (χ1v) is 8.85. The van der Waals surface area contributed by atoms with Gasteiger partial charge in [0.25, 0.3) is 0 Å².